The van der Waals surface area contributed by atoms with Gasteiger partial charge >= 0.3 is 0 Å². The standard InChI is InChI=1S/C28H30ClF2NO5/c1-17(2)28(34,12-11-22(33)18-6-8-23(37-14-13-30)25(16-18)36-4)26-10-9-24(35-3)27(32-26)19-5-7-21(31)20(29)15-19/h5-10,15-17,34H,11-14H2,1-4H3. The third-order valence-corrected chi connectivity index (χ3v) is 6.51. The van der Waals surface area contributed by atoms with E-state index in [1.54, 1.807) is 24.3 Å². The van der Waals surface area contributed by atoms with E-state index < -0.39 is 18.1 Å². The van der Waals surface area contributed by atoms with Gasteiger partial charge in [0.25, 0.3) is 0 Å². The quantitative estimate of drug-likeness (QED) is 0.271. The molecule has 0 bridgehead atoms. The zero-order valence-corrected chi connectivity index (χ0v) is 21.9. The maximum absolute atomic E-state index is 13.7. The van der Waals surface area contributed by atoms with Crippen molar-refractivity contribution in [1.29, 1.82) is 0 Å². The van der Waals surface area contributed by atoms with Gasteiger partial charge in [0.1, 0.15) is 36.1 Å². The predicted octanol–water partition coefficient (Wildman–Crippen LogP) is 6.41. The Morgan fingerprint density at radius 2 is 1.76 bits per heavy atom. The summed E-state index contributed by atoms with van der Waals surface area (Å²) in [5, 5.41) is 11.6. The Hall–Kier alpha value is -3.23. The van der Waals surface area contributed by atoms with E-state index in [2.05, 4.69) is 4.98 Å². The molecule has 3 aromatic rings. The monoisotopic (exact) mass is 533 g/mol. The van der Waals surface area contributed by atoms with Crippen molar-refractivity contribution in [1.82, 2.24) is 4.98 Å². The van der Waals surface area contributed by atoms with Gasteiger partial charge in [-0.25, -0.2) is 13.8 Å². The number of Topliss-reactive ketones (excluding diaryl/α,β-unsaturated/α-hetero) is 1. The molecule has 0 radical (unpaired) electrons. The van der Waals surface area contributed by atoms with Crippen molar-refractivity contribution in [2.45, 2.75) is 32.3 Å². The molecule has 1 unspecified atom stereocenters. The van der Waals surface area contributed by atoms with Crippen LogP contribution >= 0.6 is 11.6 Å². The molecule has 3 rings (SSSR count). The van der Waals surface area contributed by atoms with Gasteiger partial charge in [-0.1, -0.05) is 25.4 Å². The minimum Gasteiger partial charge on any atom is -0.494 e. The summed E-state index contributed by atoms with van der Waals surface area (Å²) in [6, 6.07) is 12.2. The Bertz CT molecular complexity index is 1250. The Morgan fingerprint density at radius 1 is 1.05 bits per heavy atom. The molecule has 1 heterocycles. The smallest absolute Gasteiger partial charge is 0.163 e. The molecule has 1 N–H and O–H groups in total. The van der Waals surface area contributed by atoms with Crippen LogP contribution in [0.25, 0.3) is 11.3 Å². The van der Waals surface area contributed by atoms with Crippen molar-refractivity contribution in [3.05, 3.63) is 70.6 Å². The van der Waals surface area contributed by atoms with E-state index >= 15 is 0 Å². The fourth-order valence-electron chi connectivity index (χ4n) is 3.97. The summed E-state index contributed by atoms with van der Waals surface area (Å²) in [6.07, 6.45) is 0.114. The number of hydrogen-bond acceptors (Lipinski definition) is 6. The molecule has 0 fully saturated rings. The molecule has 198 valence electrons. The average molecular weight is 534 g/mol. The predicted molar refractivity (Wildman–Crippen MR) is 138 cm³/mol. The van der Waals surface area contributed by atoms with Gasteiger partial charge in [0.05, 0.1) is 24.9 Å². The average Bonchev–Trinajstić information content (AvgIpc) is 2.91. The lowest BCUT2D eigenvalue weighted by atomic mass is 9.81. The van der Waals surface area contributed by atoms with Crippen LogP contribution < -0.4 is 14.2 Å². The Balaban J connectivity index is 1.89. The SMILES string of the molecule is COc1cc(C(=O)CCC(O)(c2ccc(OC)c(-c3ccc(F)c(Cl)c3)n2)C(C)C)ccc1OCCF. The molecule has 0 spiro atoms. The molecule has 0 aliphatic carbocycles. The van der Waals surface area contributed by atoms with Crippen LogP contribution in [0.4, 0.5) is 8.78 Å². The summed E-state index contributed by atoms with van der Waals surface area (Å²) < 4.78 is 42.2. The number of nitrogens with zero attached hydrogens (tertiary/aromatic N) is 1. The van der Waals surface area contributed by atoms with Gasteiger partial charge in [-0.2, -0.15) is 0 Å². The minimum atomic E-state index is -1.45. The molecule has 9 heteroatoms. The topological polar surface area (TPSA) is 77.9 Å². The van der Waals surface area contributed by atoms with Crippen LogP contribution in [0.2, 0.25) is 5.02 Å². The lowest BCUT2D eigenvalue weighted by Crippen LogP contribution is -2.34. The lowest BCUT2D eigenvalue weighted by Gasteiger charge is -2.32. The number of aliphatic hydroxyl groups is 1. The summed E-state index contributed by atoms with van der Waals surface area (Å²) in [5.74, 6) is 0.0153. The summed E-state index contributed by atoms with van der Waals surface area (Å²) in [4.78, 5) is 17.7. The molecule has 0 saturated carbocycles. The highest BCUT2D eigenvalue weighted by Crippen LogP contribution is 2.38. The number of ketones is 1. The van der Waals surface area contributed by atoms with E-state index in [1.807, 2.05) is 13.8 Å². The number of benzene rings is 2. The number of hydrogen-bond donors (Lipinski definition) is 1. The van der Waals surface area contributed by atoms with Crippen molar-refractivity contribution in [2.75, 3.05) is 27.5 Å². The number of aromatic nitrogens is 1. The summed E-state index contributed by atoms with van der Waals surface area (Å²) in [6.45, 7) is 2.91. The van der Waals surface area contributed by atoms with Gasteiger partial charge < -0.3 is 19.3 Å². The normalized spacial score (nSPS) is 12.8. The zero-order chi connectivity index (χ0) is 27.2. The van der Waals surface area contributed by atoms with Crippen molar-refractivity contribution in [3.63, 3.8) is 0 Å². The number of ether oxygens (including phenoxy) is 3. The molecular formula is C28H30ClF2NO5. The van der Waals surface area contributed by atoms with Gasteiger partial charge in [-0.05, 0) is 60.9 Å². The summed E-state index contributed by atoms with van der Waals surface area (Å²) >= 11 is 5.97. The van der Waals surface area contributed by atoms with Crippen LogP contribution in [0.1, 0.15) is 42.7 Å². The highest BCUT2D eigenvalue weighted by atomic mass is 35.5. The van der Waals surface area contributed by atoms with E-state index in [1.165, 1.54) is 38.5 Å². The van der Waals surface area contributed by atoms with Crippen LogP contribution in [0, 0.1) is 11.7 Å². The Kier molecular flexibility index (Phi) is 9.45. The van der Waals surface area contributed by atoms with E-state index in [0.29, 0.717) is 39.8 Å². The Labute approximate surface area is 220 Å². The molecule has 2 aromatic carbocycles. The molecule has 0 aliphatic heterocycles. The minimum absolute atomic E-state index is 0.0218. The first-order chi connectivity index (χ1) is 17.6. The molecule has 0 aliphatic rings. The van der Waals surface area contributed by atoms with Crippen LogP contribution in [-0.4, -0.2) is 43.4 Å². The molecule has 0 saturated heterocycles. The first-order valence-corrected chi connectivity index (χ1v) is 12.2. The largest absolute Gasteiger partial charge is 0.494 e. The number of carbonyl (C=O) groups excluding carboxylic acids is 1. The van der Waals surface area contributed by atoms with Crippen LogP contribution in [0.5, 0.6) is 17.2 Å². The maximum atomic E-state index is 13.7. The lowest BCUT2D eigenvalue weighted by molar-refractivity contribution is -0.0228. The molecular weight excluding hydrogens is 504 g/mol. The number of methoxy groups -OCH3 is 2. The zero-order valence-electron chi connectivity index (χ0n) is 21.2. The number of alkyl halides is 1. The third-order valence-electron chi connectivity index (χ3n) is 6.22. The highest BCUT2D eigenvalue weighted by Gasteiger charge is 2.36. The Morgan fingerprint density at radius 3 is 2.38 bits per heavy atom. The van der Waals surface area contributed by atoms with E-state index in [9.17, 15) is 18.7 Å². The number of pyridine rings is 1. The van der Waals surface area contributed by atoms with Crippen LogP contribution in [0.3, 0.4) is 0 Å². The first kappa shape index (κ1) is 28.3. The van der Waals surface area contributed by atoms with Crippen molar-refractivity contribution < 1.29 is 32.9 Å². The van der Waals surface area contributed by atoms with Gasteiger partial charge in [0, 0.05) is 17.5 Å². The molecule has 1 atom stereocenters. The van der Waals surface area contributed by atoms with E-state index in [0.717, 1.165) is 0 Å². The van der Waals surface area contributed by atoms with Gasteiger partial charge in [-0.3, -0.25) is 4.79 Å². The van der Waals surface area contributed by atoms with Gasteiger partial charge in [-0.15, -0.1) is 0 Å². The van der Waals surface area contributed by atoms with E-state index in [-0.39, 0.29) is 36.2 Å². The van der Waals surface area contributed by atoms with Crippen molar-refractivity contribution in [2.24, 2.45) is 5.92 Å². The number of halogens is 3. The van der Waals surface area contributed by atoms with E-state index in [4.69, 9.17) is 25.8 Å². The molecule has 1 aromatic heterocycles. The van der Waals surface area contributed by atoms with Crippen LogP contribution in [0.15, 0.2) is 48.5 Å². The fraction of sp³-hybridized carbons (Fsp3) is 0.357. The van der Waals surface area contributed by atoms with Crippen LogP contribution in [-0.2, 0) is 5.60 Å². The second kappa shape index (κ2) is 12.3. The first-order valence-electron chi connectivity index (χ1n) is 11.8. The fourth-order valence-corrected chi connectivity index (χ4v) is 4.15. The van der Waals surface area contributed by atoms with Crippen molar-refractivity contribution in [3.8, 4) is 28.5 Å². The molecule has 0 amide bonds. The summed E-state index contributed by atoms with van der Waals surface area (Å²) in [7, 11) is 2.92. The van der Waals surface area contributed by atoms with Gasteiger partial charge in [0.2, 0.25) is 0 Å². The maximum Gasteiger partial charge on any atom is 0.163 e. The number of rotatable bonds is 12. The molecule has 6 nitrogen and oxygen atoms in total. The van der Waals surface area contributed by atoms with Gasteiger partial charge in [0.15, 0.2) is 17.3 Å². The second-order valence-electron chi connectivity index (χ2n) is 8.78. The molecule has 37 heavy (non-hydrogen) atoms. The number of carbonyl (C=O) groups is 1. The highest BCUT2D eigenvalue weighted by molar-refractivity contribution is 6.31. The second-order valence-corrected chi connectivity index (χ2v) is 9.19. The third kappa shape index (κ3) is 6.37. The summed E-state index contributed by atoms with van der Waals surface area (Å²) in [5.41, 5.74) is 0.184. The van der Waals surface area contributed by atoms with Crippen molar-refractivity contribution >= 4 is 17.4 Å².